The number of nitrogens with zero attached hydrogens (tertiary/aromatic N) is 3. The van der Waals surface area contributed by atoms with Gasteiger partial charge in [0.25, 0.3) is 0 Å². The van der Waals surface area contributed by atoms with Crippen molar-refractivity contribution in [2.24, 2.45) is 0 Å². The summed E-state index contributed by atoms with van der Waals surface area (Å²) in [5, 5.41) is 12.4. The van der Waals surface area contributed by atoms with Crippen molar-refractivity contribution in [2.75, 3.05) is 23.4 Å². The van der Waals surface area contributed by atoms with Crippen LogP contribution < -0.4 is 5.32 Å². The lowest BCUT2D eigenvalue weighted by Gasteiger charge is -2.38. The Bertz CT molecular complexity index is 496. The van der Waals surface area contributed by atoms with Gasteiger partial charge in [-0.3, -0.25) is 0 Å². The van der Waals surface area contributed by atoms with Gasteiger partial charge in [0.05, 0.1) is 5.60 Å². The van der Waals surface area contributed by atoms with E-state index in [2.05, 4.69) is 21.4 Å². The molecule has 0 saturated carbocycles. The summed E-state index contributed by atoms with van der Waals surface area (Å²) in [6, 6.07) is 2.39. The fraction of sp³-hybridized carbons (Fsp3) is 0.615. The summed E-state index contributed by atoms with van der Waals surface area (Å²) in [4.78, 5) is 8.25. The van der Waals surface area contributed by atoms with E-state index in [4.69, 9.17) is 10.00 Å². The normalized spacial score (nSPS) is 30.2. The SMILES string of the molecule is N#Cc1nccnc1N[C@H]1CCO[C@]2(CCSC2)C1. The van der Waals surface area contributed by atoms with E-state index in [1.165, 1.54) is 5.75 Å². The Morgan fingerprint density at radius 2 is 2.37 bits per heavy atom. The van der Waals surface area contributed by atoms with Gasteiger partial charge in [-0.2, -0.15) is 17.0 Å². The third kappa shape index (κ3) is 2.67. The number of nitriles is 1. The number of ether oxygens (including phenoxy) is 1. The second-order valence-electron chi connectivity index (χ2n) is 5.03. The van der Waals surface area contributed by atoms with Gasteiger partial charge in [-0.15, -0.1) is 0 Å². The first kappa shape index (κ1) is 12.7. The number of aromatic nitrogens is 2. The molecule has 6 heteroatoms. The predicted molar refractivity (Wildman–Crippen MR) is 74.0 cm³/mol. The summed E-state index contributed by atoms with van der Waals surface area (Å²) < 4.78 is 5.99. The molecule has 0 aliphatic carbocycles. The fourth-order valence-corrected chi connectivity index (χ4v) is 4.11. The number of rotatable bonds is 2. The number of hydrogen-bond acceptors (Lipinski definition) is 6. The molecule has 2 fully saturated rings. The lowest BCUT2D eigenvalue weighted by molar-refractivity contribution is -0.0628. The molecule has 0 aromatic carbocycles. The molecule has 0 bridgehead atoms. The second-order valence-corrected chi connectivity index (χ2v) is 6.14. The quantitative estimate of drug-likeness (QED) is 0.888. The summed E-state index contributed by atoms with van der Waals surface area (Å²) in [5.74, 6) is 2.86. The van der Waals surface area contributed by atoms with E-state index in [1.54, 1.807) is 12.4 Å². The van der Waals surface area contributed by atoms with Crippen molar-refractivity contribution in [3.63, 3.8) is 0 Å². The molecule has 1 spiro atoms. The van der Waals surface area contributed by atoms with Crippen molar-refractivity contribution in [2.45, 2.75) is 30.9 Å². The molecule has 0 amide bonds. The van der Waals surface area contributed by atoms with E-state index >= 15 is 0 Å². The van der Waals surface area contributed by atoms with Gasteiger partial charge in [0.15, 0.2) is 11.5 Å². The standard InChI is InChI=1S/C13H16N4OS/c14-8-11-12(16-4-3-15-11)17-10-1-5-18-13(7-10)2-6-19-9-13/h3-4,10H,1-2,5-7,9H2,(H,16,17)/t10-,13+/m0/s1. The number of nitrogens with one attached hydrogen (secondary N) is 1. The van der Waals surface area contributed by atoms with Crippen molar-refractivity contribution >= 4 is 17.6 Å². The first-order valence-corrected chi connectivity index (χ1v) is 7.66. The van der Waals surface area contributed by atoms with Crippen LogP contribution in [0.25, 0.3) is 0 Å². The molecule has 1 aromatic heterocycles. The molecule has 0 radical (unpaired) electrons. The molecule has 2 aliphatic rings. The molecule has 0 unspecified atom stereocenters. The highest BCUT2D eigenvalue weighted by atomic mass is 32.2. The summed E-state index contributed by atoms with van der Waals surface area (Å²) in [6.45, 7) is 0.778. The minimum absolute atomic E-state index is 0.0373. The first-order chi connectivity index (χ1) is 9.31. The van der Waals surface area contributed by atoms with Crippen molar-refractivity contribution in [1.82, 2.24) is 9.97 Å². The highest BCUT2D eigenvalue weighted by molar-refractivity contribution is 7.99. The van der Waals surface area contributed by atoms with Gasteiger partial charge < -0.3 is 10.1 Å². The van der Waals surface area contributed by atoms with E-state index in [0.717, 1.165) is 31.6 Å². The third-order valence-electron chi connectivity index (χ3n) is 3.71. The lowest BCUT2D eigenvalue weighted by Crippen LogP contribution is -2.44. The fourth-order valence-electron chi connectivity index (χ4n) is 2.73. The Balaban J connectivity index is 1.71. The molecule has 19 heavy (non-hydrogen) atoms. The van der Waals surface area contributed by atoms with Gasteiger partial charge in [-0.1, -0.05) is 0 Å². The largest absolute Gasteiger partial charge is 0.374 e. The molecule has 1 N–H and O–H groups in total. The van der Waals surface area contributed by atoms with Gasteiger partial charge in [0.1, 0.15) is 6.07 Å². The Hall–Kier alpha value is -1.32. The van der Waals surface area contributed by atoms with Crippen LogP contribution in [-0.2, 0) is 4.74 Å². The molecular formula is C13H16N4OS. The minimum Gasteiger partial charge on any atom is -0.374 e. The summed E-state index contributed by atoms with van der Waals surface area (Å²) >= 11 is 1.96. The Labute approximate surface area is 116 Å². The van der Waals surface area contributed by atoms with E-state index in [0.29, 0.717) is 17.6 Å². The maximum atomic E-state index is 9.03. The Morgan fingerprint density at radius 3 is 3.16 bits per heavy atom. The molecule has 2 atom stereocenters. The van der Waals surface area contributed by atoms with Crippen LogP contribution in [0, 0.1) is 11.3 Å². The topological polar surface area (TPSA) is 70.8 Å². The summed E-state index contributed by atoms with van der Waals surface area (Å²) in [7, 11) is 0. The molecule has 100 valence electrons. The first-order valence-electron chi connectivity index (χ1n) is 6.51. The highest BCUT2D eigenvalue weighted by Gasteiger charge is 2.40. The zero-order valence-corrected chi connectivity index (χ0v) is 11.4. The molecule has 1 aromatic rings. The molecule has 2 saturated heterocycles. The summed E-state index contributed by atoms with van der Waals surface area (Å²) in [5.41, 5.74) is 0.402. The van der Waals surface area contributed by atoms with E-state index in [1.807, 2.05) is 11.8 Å². The Morgan fingerprint density at radius 1 is 1.47 bits per heavy atom. The monoisotopic (exact) mass is 276 g/mol. The van der Waals surface area contributed by atoms with Crippen LogP contribution in [0.2, 0.25) is 0 Å². The van der Waals surface area contributed by atoms with Crippen molar-refractivity contribution < 1.29 is 4.74 Å². The molecule has 3 rings (SSSR count). The van der Waals surface area contributed by atoms with Crippen molar-refractivity contribution in [3.8, 4) is 6.07 Å². The molecule has 5 nitrogen and oxygen atoms in total. The van der Waals surface area contributed by atoms with Gasteiger partial charge in [-0.25, -0.2) is 9.97 Å². The number of thioether (sulfide) groups is 1. The van der Waals surface area contributed by atoms with Gasteiger partial charge in [0.2, 0.25) is 0 Å². The zero-order valence-electron chi connectivity index (χ0n) is 10.6. The van der Waals surface area contributed by atoms with E-state index in [-0.39, 0.29) is 5.60 Å². The third-order valence-corrected chi connectivity index (χ3v) is 4.93. The van der Waals surface area contributed by atoms with Crippen LogP contribution in [0.3, 0.4) is 0 Å². The summed E-state index contributed by atoms with van der Waals surface area (Å²) in [6.07, 6.45) is 6.23. The molecular weight excluding hydrogens is 260 g/mol. The van der Waals surface area contributed by atoms with Crippen molar-refractivity contribution in [1.29, 1.82) is 5.26 Å². The number of hydrogen-bond donors (Lipinski definition) is 1. The van der Waals surface area contributed by atoms with Crippen LogP contribution in [0.15, 0.2) is 12.4 Å². The zero-order chi connectivity index (χ0) is 13.1. The van der Waals surface area contributed by atoms with Gasteiger partial charge >= 0.3 is 0 Å². The lowest BCUT2D eigenvalue weighted by atomic mass is 9.90. The number of anilines is 1. The van der Waals surface area contributed by atoms with E-state index < -0.39 is 0 Å². The predicted octanol–water partition coefficient (Wildman–Crippen LogP) is 1.81. The van der Waals surface area contributed by atoms with Crippen LogP contribution in [0.1, 0.15) is 25.0 Å². The van der Waals surface area contributed by atoms with Gasteiger partial charge in [0, 0.05) is 30.8 Å². The average molecular weight is 276 g/mol. The highest BCUT2D eigenvalue weighted by Crippen LogP contribution is 2.38. The average Bonchev–Trinajstić information content (AvgIpc) is 2.87. The van der Waals surface area contributed by atoms with E-state index in [9.17, 15) is 0 Å². The second kappa shape index (κ2) is 5.35. The van der Waals surface area contributed by atoms with Crippen LogP contribution in [-0.4, -0.2) is 39.7 Å². The van der Waals surface area contributed by atoms with Crippen LogP contribution >= 0.6 is 11.8 Å². The Kier molecular flexibility index (Phi) is 3.58. The van der Waals surface area contributed by atoms with Crippen molar-refractivity contribution in [3.05, 3.63) is 18.1 Å². The minimum atomic E-state index is 0.0373. The smallest absolute Gasteiger partial charge is 0.182 e. The maximum Gasteiger partial charge on any atom is 0.182 e. The molecule has 2 aliphatic heterocycles. The maximum absolute atomic E-state index is 9.03. The van der Waals surface area contributed by atoms with Crippen LogP contribution in [0.5, 0.6) is 0 Å². The molecule has 3 heterocycles. The van der Waals surface area contributed by atoms with Crippen LogP contribution in [0.4, 0.5) is 5.82 Å². The van der Waals surface area contributed by atoms with Gasteiger partial charge in [-0.05, 0) is 25.0 Å².